The summed E-state index contributed by atoms with van der Waals surface area (Å²) in [5, 5.41) is 3.18. The number of carbonyl (C=O) groups is 1. The first-order valence-electron chi connectivity index (χ1n) is 5.54. The number of amides is 1. The molecule has 0 aliphatic heterocycles. The molecule has 0 aliphatic carbocycles. The van der Waals surface area contributed by atoms with Gasteiger partial charge in [0.2, 0.25) is 5.91 Å². The van der Waals surface area contributed by atoms with Crippen molar-refractivity contribution in [3.05, 3.63) is 34.9 Å². The number of hydrogen-bond acceptors (Lipinski definition) is 2. The lowest BCUT2D eigenvalue weighted by atomic mass is 9.98. The van der Waals surface area contributed by atoms with Crippen LogP contribution in [0.25, 0.3) is 0 Å². The molecule has 0 fully saturated rings. The van der Waals surface area contributed by atoms with E-state index in [2.05, 4.69) is 11.4 Å². The molecular weight excluding hydrogens is 200 g/mol. The third-order valence-corrected chi connectivity index (χ3v) is 2.52. The van der Waals surface area contributed by atoms with E-state index in [-0.39, 0.29) is 11.9 Å². The number of nitrogens with two attached hydrogens (primary N) is 1. The van der Waals surface area contributed by atoms with E-state index in [1.54, 1.807) is 0 Å². The first-order valence-corrected chi connectivity index (χ1v) is 5.54. The Kier molecular flexibility index (Phi) is 4.07. The summed E-state index contributed by atoms with van der Waals surface area (Å²) in [5.41, 5.74) is 8.67. The van der Waals surface area contributed by atoms with Gasteiger partial charge in [-0.3, -0.25) is 10.1 Å². The Bertz CT molecular complexity index is 386. The van der Waals surface area contributed by atoms with Gasteiger partial charge in [0.05, 0.1) is 0 Å². The van der Waals surface area contributed by atoms with Gasteiger partial charge in [-0.1, -0.05) is 23.8 Å². The van der Waals surface area contributed by atoms with E-state index in [4.69, 9.17) is 5.73 Å². The van der Waals surface area contributed by atoms with Crippen molar-refractivity contribution in [3.8, 4) is 0 Å². The number of primary amides is 1. The SMILES string of the molecule is Cc1ccc(C(NC(C)C)C(N)=O)c(C)c1. The summed E-state index contributed by atoms with van der Waals surface area (Å²) in [6, 6.07) is 5.85. The van der Waals surface area contributed by atoms with Crippen molar-refractivity contribution in [1.29, 1.82) is 0 Å². The van der Waals surface area contributed by atoms with Gasteiger partial charge in [-0.2, -0.15) is 0 Å². The van der Waals surface area contributed by atoms with Gasteiger partial charge in [0.1, 0.15) is 6.04 Å². The fourth-order valence-electron chi connectivity index (χ4n) is 1.81. The summed E-state index contributed by atoms with van der Waals surface area (Å²) < 4.78 is 0. The summed E-state index contributed by atoms with van der Waals surface area (Å²) in [7, 11) is 0. The Labute approximate surface area is 97.0 Å². The van der Waals surface area contributed by atoms with Crippen molar-refractivity contribution >= 4 is 5.91 Å². The third kappa shape index (κ3) is 3.07. The molecule has 16 heavy (non-hydrogen) atoms. The highest BCUT2D eigenvalue weighted by atomic mass is 16.1. The summed E-state index contributed by atoms with van der Waals surface area (Å²) >= 11 is 0. The van der Waals surface area contributed by atoms with Gasteiger partial charge >= 0.3 is 0 Å². The molecule has 0 radical (unpaired) electrons. The predicted molar refractivity (Wildman–Crippen MR) is 66.1 cm³/mol. The molecule has 1 amide bonds. The standard InChI is InChI=1S/C13H20N2O/c1-8(2)15-12(13(14)16)11-6-5-9(3)7-10(11)4/h5-8,12,15H,1-4H3,(H2,14,16). The van der Waals surface area contributed by atoms with Gasteiger partial charge in [-0.05, 0) is 38.8 Å². The van der Waals surface area contributed by atoms with Gasteiger partial charge in [0, 0.05) is 6.04 Å². The van der Waals surface area contributed by atoms with Crippen molar-refractivity contribution in [3.63, 3.8) is 0 Å². The molecule has 0 heterocycles. The molecule has 0 bridgehead atoms. The number of rotatable bonds is 4. The molecule has 0 spiro atoms. The first kappa shape index (κ1) is 12.7. The Morgan fingerprint density at radius 1 is 1.31 bits per heavy atom. The zero-order valence-electron chi connectivity index (χ0n) is 10.4. The van der Waals surface area contributed by atoms with Crippen LogP contribution in [-0.2, 0) is 4.79 Å². The molecule has 0 aliphatic rings. The lowest BCUT2D eigenvalue weighted by Gasteiger charge is -2.20. The van der Waals surface area contributed by atoms with Crippen molar-refractivity contribution < 1.29 is 4.79 Å². The van der Waals surface area contributed by atoms with Crippen molar-refractivity contribution in [2.24, 2.45) is 5.73 Å². The average Bonchev–Trinajstić information content (AvgIpc) is 2.14. The van der Waals surface area contributed by atoms with Crippen LogP contribution in [-0.4, -0.2) is 11.9 Å². The van der Waals surface area contributed by atoms with Crippen LogP contribution in [0.15, 0.2) is 18.2 Å². The monoisotopic (exact) mass is 220 g/mol. The molecule has 1 aromatic rings. The molecule has 1 atom stereocenters. The Hall–Kier alpha value is -1.35. The topological polar surface area (TPSA) is 55.1 Å². The molecule has 0 saturated carbocycles. The number of aryl methyl sites for hydroxylation is 2. The van der Waals surface area contributed by atoms with Gasteiger partial charge in [-0.15, -0.1) is 0 Å². The fourth-order valence-corrected chi connectivity index (χ4v) is 1.81. The summed E-state index contributed by atoms with van der Waals surface area (Å²) in [5.74, 6) is -0.333. The van der Waals surface area contributed by atoms with E-state index >= 15 is 0 Å². The Balaban J connectivity index is 3.06. The van der Waals surface area contributed by atoms with Crippen molar-refractivity contribution in [2.45, 2.75) is 39.8 Å². The van der Waals surface area contributed by atoms with Crippen LogP contribution in [0.1, 0.15) is 36.6 Å². The van der Waals surface area contributed by atoms with Crippen LogP contribution >= 0.6 is 0 Å². The molecule has 3 nitrogen and oxygen atoms in total. The molecule has 1 aromatic carbocycles. The lowest BCUT2D eigenvalue weighted by Crippen LogP contribution is -2.37. The Morgan fingerprint density at radius 3 is 2.38 bits per heavy atom. The highest BCUT2D eigenvalue weighted by molar-refractivity contribution is 5.82. The average molecular weight is 220 g/mol. The maximum absolute atomic E-state index is 11.4. The smallest absolute Gasteiger partial charge is 0.239 e. The maximum Gasteiger partial charge on any atom is 0.239 e. The fraction of sp³-hybridized carbons (Fsp3) is 0.462. The molecule has 0 saturated heterocycles. The molecular formula is C13H20N2O. The maximum atomic E-state index is 11.4. The summed E-state index contributed by atoms with van der Waals surface area (Å²) in [6.07, 6.45) is 0. The second-order valence-electron chi connectivity index (χ2n) is 4.52. The van der Waals surface area contributed by atoms with Gasteiger partial charge in [0.15, 0.2) is 0 Å². The molecule has 3 N–H and O–H groups in total. The molecule has 3 heteroatoms. The zero-order valence-corrected chi connectivity index (χ0v) is 10.4. The second-order valence-corrected chi connectivity index (χ2v) is 4.52. The molecule has 0 aromatic heterocycles. The van der Waals surface area contributed by atoms with Crippen LogP contribution < -0.4 is 11.1 Å². The van der Waals surface area contributed by atoms with Gasteiger partial charge in [0.25, 0.3) is 0 Å². The predicted octanol–water partition coefficient (Wildman–Crippen LogP) is 1.83. The van der Waals surface area contributed by atoms with Crippen molar-refractivity contribution in [2.75, 3.05) is 0 Å². The molecule has 1 unspecified atom stereocenters. The number of nitrogens with one attached hydrogen (secondary N) is 1. The van der Waals surface area contributed by atoms with E-state index < -0.39 is 6.04 Å². The number of carbonyl (C=O) groups excluding carboxylic acids is 1. The van der Waals surface area contributed by atoms with Crippen LogP contribution in [0.2, 0.25) is 0 Å². The number of benzene rings is 1. The van der Waals surface area contributed by atoms with E-state index in [0.717, 1.165) is 11.1 Å². The largest absolute Gasteiger partial charge is 0.368 e. The molecule has 88 valence electrons. The highest BCUT2D eigenvalue weighted by Crippen LogP contribution is 2.19. The van der Waals surface area contributed by atoms with Gasteiger partial charge in [-0.25, -0.2) is 0 Å². The Morgan fingerprint density at radius 2 is 1.94 bits per heavy atom. The van der Waals surface area contributed by atoms with Crippen LogP contribution in [0.4, 0.5) is 0 Å². The van der Waals surface area contributed by atoms with Gasteiger partial charge < -0.3 is 5.73 Å². The second kappa shape index (κ2) is 5.12. The van der Waals surface area contributed by atoms with E-state index in [0.29, 0.717) is 0 Å². The summed E-state index contributed by atoms with van der Waals surface area (Å²) in [4.78, 5) is 11.4. The van der Waals surface area contributed by atoms with Crippen LogP contribution in [0, 0.1) is 13.8 Å². The molecule has 1 rings (SSSR count). The minimum atomic E-state index is -0.402. The first-order chi connectivity index (χ1) is 7.41. The highest BCUT2D eigenvalue weighted by Gasteiger charge is 2.19. The van der Waals surface area contributed by atoms with Crippen LogP contribution in [0.5, 0.6) is 0 Å². The normalized spacial score (nSPS) is 12.8. The van der Waals surface area contributed by atoms with Crippen molar-refractivity contribution in [1.82, 2.24) is 5.32 Å². The number of hydrogen-bond donors (Lipinski definition) is 2. The minimum absolute atomic E-state index is 0.221. The third-order valence-electron chi connectivity index (χ3n) is 2.52. The van der Waals surface area contributed by atoms with E-state index in [1.807, 2.05) is 39.8 Å². The lowest BCUT2D eigenvalue weighted by molar-refractivity contribution is -0.120. The van der Waals surface area contributed by atoms with E-state index in [1.165, 1.54) is 5.56 Å². The van der Waals surface area contributed by atoms with Crippen LogP contribution in [0.3, 0.4) is 0 Å². The van der Waals surface area contributed by atoms with E-state index in [9.17, 15) is 4.79 Å². The zero-order chi connectivity index (χ0) is 12.3. The summed E-state index contributed by atoms with van der Waals surface area (Å²) in [6.45, 7) is 8.03. The minimum Gasteiger partial charge on any atom is -0.368 e. The quantitative estimate of drug-likeness (QED) is 0.813.